The Kier molecular flexibility index (Phi) is 5.44. The van der Waals surface area contributed by atoms with E-state index in [-0.39, 0.29) is 17.7 Å². The van der Waals surface area contributed by atoms with E-state index in [1.54, 1.807) is 24.3 Å². The van der Waals surface area contributed by atoms with Crippen LogP contribution in [0.1, 0.15) is 27.5 Å². The van der Waals surface area contributed by atoms with E-state index in [0.29, 0.717) is 17.7 Å². The molecule has 138 valence electrons. The molecule has 1 fully saturated rings. The third-order valence-electron chi connectivity index (χ3n) is 4.66. The van der Waals surface area contributed by atoms with Crippen LogP contribution in [0.2, 0.25) is 0 Å². The Balaban J connectivity index is 1.82. The molecule has 2 aromatic carbocycles. The van der Waals surface area contributed by atoms with Crippen LogP contribution in [0.25, 0.3) is 0 Å². The fraction of sp³-hybridized carbons (Fsp3) is 0.350. The fourth-order valence-corrected chi connectivity index (χ4v) is 4.13. The van der Waals surface area contributed by atoms with E-state index in [4.69, 9.17) is 0 Å². The topological polar surface area (TPSA) is 57.7 Å². The molecule has 0 aliphatic carbocycles. The Morgan fingerprint density at radius 3 is 2.31 bits per heavy atom. The first-order valence-electron chi connectivity index (χ1n) is 8.64. The number of hydrogen-bond donors (Lipinski definition) is 0. The first-order valence-corrected chi connectivity index (χ1v) is 10.7. The Morgan fingerprint density at radius 1 is 1.04 bits per heavy atom. The number of sulfone groups is 1. The summed E-state index contributed by atoms with van der Waals surface area (Å²) in [7, 11) is -1.02. The van der Waals surface area contributed by atoms with Crippen LogP contribution < -0.4 is 0 Å². The molecule has 0 unspecified atom stereocenters. The standard InChI is InChI=1S/C20H24N2O3S/c1-21-12-13-22(19(14-21)17-6-4-3-5-7-17)20(23)18-10-8-16(9-11-18)15-26(2,24)25/h3-11,19H,12-15H2,1-2H3/t19-/m0/s1. The van der Waals surface area contributed by atoms with Crippen molar-refractivity contribution in [3.8, 4) is 0 Å². The molecular weight excluding hydrogens is 348 g/mol. The van der Waals surface area contributed by atoms with Crippen molar-refractivity contribution in [2.75, 3.05) is 32.9 Å². The van der Waals surface area contributed by atoms with Gasteiger partial charge in [0.25, 0.3) is 5.91 Å². The number of rotatable bonds is 4. The fourth-order valence-electron chi connectivity index (χ4n) is 3.34. The molecule has 1 aliphatic heterocycles. The summed E-state index contributed by atoms with van der Waals surface area (Å²) in [4.78, 5) is 17.2. The second-order valence-electron chi connectivity index (χ2n) is 6.95. The Morgan fingerprint density at radius 2 is 1.69 bits per heavy atom. The van der Waals surface area contributed by atoms with Crippen LogP contribution in [0.15, 0.2) is 54.6 Å². The normalized spacial score (nSPS) is 18.7. The van der Waals surface area contributed by atoms with Gasteiger partial charge in [-0.05, 0) is 30.3 Å². The van der Waals surface area contributed by atoms with Crippen molar-refractivity contribution in [1.82, 2.24) is 9.80 Å². The molecule has 0 N–H and O–H groups in total. The SMILES string of the molecule is CN1CCN(C(=O)c2ccc(CS(C)(=O)=O)cc2)[C@H](c2ccccc2)C1. The van der Waals surface area contributed by atoms with Gasteiger partial charge in [0.1, 0.15) is 0 Å². The minimum Gasteiger partial charge on any atom is -0.329 e. The van der Waals surface area contributed by atoms with Gasteiger partial charge in [-0.2, -0.15) is 0 Å². The molecular formula is C20H24N2O3S. The number of carbonyl (C=O) groups is 1. The van der Waals surface area contributed by atoms with Gasteiger partial charge in [0.2, 0.25) is 0 Å². The van der Waals surface area contributed by atoms with Crippen molar-refractivity contribution in [2.24, 2.45) is 0 Å². The lowest BCUT2D eigenvalue weighted by Crippen LogP contribution is -2.49. The summed E-state index contributed by atoms with van der Waals surface area (Å²) in [5.74, 6) is -0.0272. The van der Waals surface area contributed by atoms with Gasteiger partial charge in [-0.1, -0.05) is 42.5 Å². The average molecular weight is 372 g/mol. The van der Waals surface area contributed by atoms with E-state index >= 15 is 0 Å². The Hall–Kier alpha value is -2.18. The number of amides is 1. The molecule has 1 atom stereocenters. The molecule has 0 spiro atoms. The van der Waals surface area contributed by atoms with Crippen LogP contribution in [-0.4, -0.2) is 57.1 Å². The Labute approximate surface area is 155 Å². The van der Waals surface area contributed by atoms with Gasteiger partial charge in [0, 0.05) is 31.5 Å². The molecule has 5 nitrogen and oxygen atoms in total. The summed E-state index contributed by atoms with van der Waals surface area (Å²) < 4.78 is 22.8. The lowest BCUT2D eigenvalue weighted by Gasteiger charge is -2.40. The smallest absolute Gasteiger partial charge is 0.254 e. The lowest BCUT2D eigenvalue weighted by atomic mass is 10.0. The van der Waals surface area contributed by atoms with E-state index in [2.05, 4.69) is 24.1 Å². The van der Waals surface area contributed by atoms with E-state index < -0.39 is 9.84 Å². The van der Waals surface area contributed by atoms with Gasteiger partial charge in [0.15, 0.2) is 9.84 Å². The number of piperazine rings is 1. The van der Waals surface area contributed by atoms with Crippen LogP contribution >= 0.6 is 0 Å². The quantitative estimate of drug-likeness (QED) is 0.827. The number of benzene rings is 2. The molecule has 0 bridgehead atoms. The van der Waals surface area contributed by atoms with Crippen LogP contribution in [0.4, 0.5) is 0 Å². The van der Waals surface area contributed by atoms with Crippen molar-refractivity contribution < 1.29 is 13.2 Å². The third-order valence-corrected chi connectivity index (χ3v) is 5.52. The molecule has 1 saturated heterocycles. The van der Waals surface area contributed by atoms with Crippen molar-refractivity contribution in [1.29, 1.82) is 0 Å². The Bertz CT molecular complexity index is 864. The van der Waals surface area contributed by atoms with E-state index in [1.165, 1.54) is 6.26 Å². The zero-order chi connectivity index (χ0) is 18.7. The molecule has 0 aromatic heterocycles. The van der Waals surface area contributed by atoms with Crippen LogP contribution in [-0.2, 0) is 15.6 Å². The summed E-state index contributed by atoms with van der Waals surface area (Å²) in [5.41, 5.74) is 2.41. The summed E-state index contributed by atoms with van der Waals surface area (Å²) in [6, 6.07) is 17.0. The molecule has 6 heteroatoms. The summed E-state index contributed by atoms with van der Waals surface area (Å²) in [6.45, 7) is 2.29. The number of nitrogens with zero attached hydrogens (tertiary/aromatic N) is 2. The molecule has 0 radical (unpaired) electrons. The maximum absolute atomic E-state index is 13.1. The second kappa shape index (κ2) is 7.60. The molecule has 1 heterocycles. The number of carbonyl (C=O) groups excluding carboxylic acids is 1. The highest BCUT2D eigenvalue weighted by Gasteiger charge is 2.30. The molecule has 3 rings (SSSR count). The van der Waals surface area contributed by atoms with Gasteiger partial charge < -0.3 is 9.80 Å². The number of hydrogen-bond acceptors (Lipinski definition) is 4. The first-order chi connectivity index (χ1) is 12.3. The molecule has 1 amide bonds. The van der Waals surface area contributed by atoms with Crippen molar-refractivity contribution in [3.05, 3.63) is 71.3 Å². The van der Waals surface area contributed by atoms with Crippen molar-refractivity contribution in [3.63, 3.8) is 0 Å². The molecule has 0 saturated carbocycles. The second-order valence-corrected chi connectivity index (χ2v) is 9.09. The maximum atomic E-state index is 13.1. The number of likely N-dealkylation sites (N-methyl/N-ethyl adjacent to an activating group) is 1. The van der Waals surface area contributed by atoms with Gasteiger partial charge in [-0.15, -0.1) is 0 Å². The highest BCUT2D eigenvalue weighted by Crippen LogP contribution is 2.26. The molecule has 2 aromatic rings. The predicted octanol–water partition coefficient (Wildman–Crippen LogP) is 2.36. The van der Waals surface area contributed by atoms with Crippen molar-refractivity contribution >= 4 is 15.7 Å². The summed E-state index contributed by atoms with van der Waals surface area (Å²) >= 11 is 0. The summed E-state index contributed by atoms with van der Waals surface area (Å²) in [6.07, 6.45) is 1.21. The average Bonchev–Trinajstić information content (AvgIpc) is 2.61. The molecule has 26 heavy (non-hydrogen) atoms. The maximum Gasteiger partial charge on any atom is 0.254 e. The predicted molar refractivity (Wildman–Crippen MR) is 103 cm³/mol. The zero-order valence-electron chi connectivity index (χ0n) is 15.1. The van der Waals surface area contributed by atoms with Gasteiger partial charge in [-0.3, -0.25) is 4.79 Å². The third kappa shape index (κ3) is 4.51. The highest BCUT2D eigenvalue weighted by atomic mass is 32.2. The van der Waals surface area contributed by atoms with Crippen molar-refractivity contribution in [2.45, 2.75) is 11.8 Å². The van der Waals surface area contributed by atoms with Gasteiger partial charge >= 0.3 is 0 Å². The highest BCUT2D eigenvalue weighted by molar-refractivity contribution is 7.89. The minimum atomic E-state index is -3.08. The minimum absolute atomic E-state index is 0.0113. The first kappa shape index (κ1) is 18.6. The zero-order valence-corrected chi connectivity index (χ0v) is 15.9. The lowest BCUT2D eigenvalue weighted by molar-refractivity contribution is 0.0498. The van der Waals surface area contributed by atoms with Crippen LogP contribution in [0, 0.1) is 0 Å². The largest absolute Gasteiger partial charge is 0.329 e. The monoisotopic (exact) mass is 372 g/mol. The van der Waals surface area contributed by atoms with E-state index in [0.717, 1.165) is 18.7 Å². The van der Waals surface area contributed by atoms with Crippen LogP contribution in [0.5, 0.6) is 0 Å². The van der Waals surface area contributed by atoms with E-state index in [9.17, 15) is 13.2 Å². The summed E-state index contributed by atoms with van der Waals surface area (Å²) in [5, 5.41) is 0. The van der Waals surface area contributed by atoms with Gasteiger partial charge in [0.05, 0.1) is 11.8 Å². The van der Waals surface area contributed by atoms with E-state index in [1.807, 2.05) is 23.1 Å². The molecule has 1 aliphatic rings. The van der Waals surface area contributed by atoms with Gasteiger partial charge in [-0.25, -0.2) is 8.42 Å². The van der Waals surface area contributed by atoms with Crippen LogP contribution in [0.3, 0.4) is 0 Å².